The van der Waals surface area contributed by atoms with Crippen LogP contribution in [0, 0.1) is 0 Å². The second kappa shape index (κ2) is 10.4. The van der Waals surface area contributed by atoms with Gasteiger partial charge in [0.15, 0.2) is 0 Å². The zero-order valence-electron chi connectivity index (χ0n) is 19.4. The second-order valence-corrected chi connectivity index (χ2v) is 9.28. The van der Waals surface area contributed by atoms with Crippen molar-refractivity contribution in [2.75, 3.05) is 26.2 Å². The molecule has 0 bridgehead atoms. The smallest absolute Gasteiger partial charge is 0.393 e. The largest absolute Gasteiger partial charge is 0.416 e. The zero-order valence-corrected chi connectivity index (χ0v) is 19.4. The van der Waals surface area contributed by atoms with Gasteiger partial charge in [0.25, 0.3) is 0 Å². The topological polar surface area (TPSA) is 55.8 Å². The number of alkyl halides is 6. The van der Waals surface area contributed by atoms with E-state index in [9.17, 15) is 36.2 Å². The molecule has 2 aliphatic rings. The van der Waals surface area contributed by atoms with Gasteiger partial charge in [-0.3, -0.25) is 9.69 Å². The maximum atomic E-state index is 13.2. The molecule has 2 N–H and O–H groups in total. The highest BCUT2D eigenvalue weighted by atomic mass is 19.4. The fourth-order valence-corrected chi connectivity index (χ4v) is 4.79. The van der Waals surface area contributed by atoms with Gasteiger partial charge in [-0.25, -0.2) is 0 Å². The summed E-state index contributed by atoms with van der Waals surface area (Å²) in [6.07, 6.45) is -8.84. The lowest BCUT2D eigenvalue weighted by atomic mass is 10.0. The number of piperidine rings is 1. The number of rotatable bonds is 6. The molecular weight excluding hydrogens is 488 g/mol. The number of hydrogen-bond acceptors (Lipinski definition) is 4. The number of aliphatic hydroxyl groups is 1. The van der Waals surface area contributed by atoms with E-state index in [1.807, 2.05) is 23.1 Å². The molecule has 11 heteroatoms. The molecule has 0 radical (unpaired) electrons. The number of nitrogens with one attached hydrogen (secondary N) is 1. The number of carbonyl (C=O) groups is 1. The van der Waals surface area contributed by atoms with E-state index >= 15 is 0 Å². The Morgan fingerprint density at radius 1 is 0.944 bits per heavy atom. The van der Waals surface area contributed by atoms with Gasteiger partial charge in [0, 0.05) is 39.3 Å². The van der Waals surface area contributed by atoms with Crippen LogP contribution in [-0.2, 0) is 30.2 Å². The maximum Gasteiger partial charge on any atom is 0.416 e. The summed E-state index contributed by atoms with van der Waals surface area (Å²) in [4.78, 5) is 17.4. The predicted octanol–water partition coefficient (Wildman–Crippen LogP) is 4.35. The van der Waals surface area contributed by atoms with Crippen molar-refractivity contribution in [1.29, 1.82) is 0 Å². The highest BCUT2D eigenvalue weighted by Gasteiger charge is 2.38. The zero-order chi connectivity index (χ0) is 26.1. The first-order valence-corrected chi connectivity index (χ1v) is 11.7. The van der Waals surface area contributed by atoms with E-state index in [0.29, 0.717) is 44.6 Å². The molecule has 4 rings (SSSR count). The Bertz CT molecular complexity index is 1050. The monoisotopic (exact) mass is 515 g/mol. The Labute approximate surface area is 204 Å². The molecule has 2 aromatic rings. The number of amides is 1. The van der Waals surface area contributed by atoms with Crippen LogP contribution < -0.4 is 5.32 Å². The van der Waals surface area contributed by atoms with Crippen LogP contribution in [0.5, 0.6) is 0 Å². The van der Waals surface area contributed by atoms with Gasteiger partial charge in [0.1, 0.15) is 6.04 Å². The molecular formula is C25H27F6N3O2. The summed E-state index contributed by atoms with van der Waals surface area (Å²) < 4.78 is 79.1. The number of fused-ring (bicyclic) bond motifs is 1. The van der Waals surface area contributed by atoms with Crippen molar-refractivity contribution >= 4 is 5.91 Å². The Hall–Kier alpha value is -2.63. The Morgan fingerprint density at radius 2 is 1.56 bits per heavy atom. The SMILES string of the molecule is O=C(NCc1cc(C(F)(F)F)cc(C(F)(F)F)c1)C1c2ccccc2CN1CCN1CCC(O)CC1. The quantitative estimate of drug-likeness (QED) is 0.562. The Morgan fingerprint density at radius 3 is 2.17 bits per heavy atom. The minimum atomic E-state index is -4.95. The summed E-state index contributed by atoms with van der Waals surface area (Å²) >= 11 is 0. The third-order valence-corrected chi connectivity index (χ3v) is 6.71. The summed E-state index contributed by atoms with van der Waals surface area (Å²) in [5, 5.41) is 12.3. The van der Waals surface area contributed by atoms with Crippen LogP contribution in [0.1, 0.15) is 46.7 Å². The minimum absolute atomic E-state index is 0.0693. The molecule has 1 saturated heterocycles. The molecule has 5 nitrogen and oxygen atoms in total. The summed E-state index contributed by atoms with van der Waals surface area (Å²) in [6.45, 7) is 2.75. The third kappa shape index (κ3) is 6.19. The highest BCUT2D eigenvalue weighted by molar-refractivity contribution is 5.84. The summed E-state index contributed by atoms with van der Waals surface area (Å²) in [5.74, 6) is -0.486. The van der Waals surface area contributed by atoms with Gasteiger partial charge in [-0.2, -0.15) is 26.3 Å². The van der Waals surface area contributed by atoms with Gasteiger partial charge in [-0.05, 0) is 47.7 Å². The number of nitrogens with zero attached hydrogens (tertiary/aromatic N) is 2. The second-order valence-electron chi connectivity index (χ2n) is 9.28. The van der Waals surface area contributed by atoms with Gasteiger partial charge >= 0.3 is 12.4 Å². The van der Waals surface area contributed by atoms with Crippen LogP contribution in [0.15, 0.2) is 42.5 Å². The number of likely N-dealkylation sites (tertiary alicyclic amines) is 1. The molecule has 1 atom stereocenters. The van der Waals surface area contributed by atoms with E-state index in [4.69, 9.17) is 0 Å². The minimum Gasteiger partial charge on any atom is -0.393 e. The van der Waals surface area contributed by atoms with Crippen LogP contribution >= 0.6 is 0 Å². The number of carbonyl (C=O) groups excluding carboxylic acids is 1. The molecule has 1 fully saturated rings. The number of halogens is 6. The highest BCUT2D eigenvalue weighted by Crippen LogP contribution is 2.37. The van der Waals surface area contributed by atoms with E-state index in [2.05, 4.69) is 10.2 Å². The van der Waals surface area contributed by atoms with Crippen molar-refractivity contribution in [3.05, 3.63) is 70.3 Å². The molecule has 0 aliphatic carbocycles. The van der Waals surface area contributed by atoms with Crippen molar-refractivity contribution in [3.8, 4) is 0 Å². The Balaban J connectivity index is 1.48. The third-order valence-electron chi connectivity index (χ3n) is 6.71. The Kier molecular flexibility index (Phi) is 7.63. The molecule has 2 aromatic carbocycles. The van der Waals surface area contributed by atoms with E-state index in [-0.39, 0.29) is 17.7 Å². The van der Waals surface area contributed by atoms with Crippen molar-refractivity contribution < 1.29 is 36.2 Å². The van der Waals surface area contributed by atoms with Crippen molar-refractivity contribution in [1.82, 2.24) is 15.1 Å². The van der Waals surface area contributed by atoms with Crippen molar-refractivity contribution in [2.45, 2.75) is 50.4 Å². The fraction of sp³-hybridized carbons (Fsp3) is 0.480. The molecule has 1 unspecified atom stereocenters. The molecule has 0 spiro atoms. The van der Waals surface area contributed by atoms with Gasteiger partial charge in [0.2, 0.25) is 5.91 Å². The van der Waals surface area contributed by atoms with Crippen LogP contribution in [0.2, 0.25) is 0 Å². The first-order valence-electron chi connectivity index (χ1n) is 11.7. The number of hydrogen-bond donors (Lipinski definition) is 2. The van der Waals surface area contributed by atoms with Crippen LogP contribution in [0.3, 0.4) is 0 Å². The summed E-state index contributed by atoms with van der Waals surface area (Å²) in [6, 6.07) is 7.96. The van der Waals surface area contributed by atoms with Gasteiger partial charge in [0.05, 0.1) is 17.2 Å². The molecule has 196 valence electrons. The van der Waals surface area contributed by atoms with Crippen molar-refractivity contribution in [2.24, 2.45) is 0 Å². The van der Waals surface area contributed by atoms with Gasteiger partial charge < -0.3 is 15.3 Å². The molecule has 0 aromatic heterocycles. The van der Waals surface area contributed by atoms with E-state index < -0.39 is 42.0 Å². The summed E-state index contributed by atoms with van der Waals surface area (Å²) in [7, 11) is 0. The van der Waals surface area contributed by atoms with E-state index in [0.717, 1.165) is 24.2 Å². The molecule has 1 amide bonds. The van der Waals surface area contributed by atoms with E-state index in [1.54, 1.807) is 6.07 Å². The van der Waals surface area contributed by atoms with E-state index in [1.165, 1.54) is 0 Å². The lowest BCUT2D eigenvalue weighted by Crippen LogP contribution is -2.43. The average Bonchev–Trinajstić information content (AvgIpc) is 3.19. The first-order chi connectivity index (χ1) is 16.9. The standard InChI is InChI=1S/C25H27F6N3O2/c26-24(27,28)18-11-16(12-19(13-18)25(29,30)31)14-32-23(36)22-21-4-2-1-3-17(21)15-34(22)10-9-33-7-5-20(35)6-8-33/h1-4,11-13,20,22,35H,5-10,14-15H2,(H,32,36). The molecule has 2 heterocycles. The molecule has 2 aliphatic heterocycles. The summed E-state index contributed by atoms with van der Waals surface area (Å²) in [5.41, 5.74) is -1.40. The average molecular weight is 515 g/mol. The van der Waals surface area contributed by atoms with Gasteiger partial charge in [-0.15, -0.1) is 0 Å². The van der Waals surface area contributed by atoms with Crippen molar-refractivity contribution in [3.63, 3.8) is 0 Å². The number of benzene rings is 2. The number of aliphatic hydroxyl groups excluding tert-OH is 1. The van der Waals surface area contributed by atoms with Crippen LogP contribution in [-0.4, -0.2) is 53.1 Å². The lowest BCUT2D eigenvalue weighted by Gasteiger charge is -2.32. The molecule has 36 heavy (non-hydrogen) atoms. The maximum absolute atomic E-state index is 13.2. The predicted molar refractivity (Wildman–Crippen MR) is 120 cm³/mol. The normalized spacial score (nSPS) is 19.9. The van der Waals surface area contributed by atoms with Gasteiger partial charge in [-0.1, -0.05) is 24.3 Å². The first kappa shape index (κ1) is 26.4. The molecule has 0 saturated carbocycles. The van der Waals surface area contributed by atoms with Crippen LogP contribution in [0.25, 0.3) is 0 Å². The van der Waals surface area contributed by atoms with Crippen LogP contribution in [0.4, 0.5) is 26.3 Å². The lowest BCUT2D eigenvalue weighted by molar-refractivity contribution is -0.143. The fourth-order valence-electron chi connectivity index (χ4n) is 4.79.